The number of hydrogen-bond donors (Lipinski definition) is 1. The highest BCUT2D eigenvalue weighted by Crippen LogP contribution is 2.46. The first-order chi connectivity index (χ1) is 17.4. The first-order valence-corrected chi connectivity index (χ1v) is 11.4. The molecular weight excluding hydrogens is 474 g/mol. The van der Waals surface area contributed by atoms with E-state index in [1.54, 1.807) is 48.5 Å². The van der Waals surface area contributed by atoms with E-state index in [-0.39, 0.29) is 17.0 Å². The molecule has 0 heterocycles. The topological polar surface area (TPSA) is 128 Å². The molecule has 1 aliphatic rings. The second-order valence-corrected chi connectivity index (χ2v) is 8.79. The van der Waals surface area contributed by atoms with Crippen LogP contribution >= 0.6 is 12.2 Å². The number of carbonyl (C=O) groups excluding carboxylic acids is 1. The molecule has 3 atom stereocenters. The average molecular weight is 494 g/mol. The normalized spacial score (nSPS) is 18.4. The first-order valence-electron chi connectivity index (χ1n) is 11.0. The number of nitro groups is 1. The molecule has 7 nitrogen and oxygen atoms in total. The summed E-state index contributed by atoms with van der Waals surface area (Å²) in [6.45, 7) is 0. The molecule has 0 radical (unpaired) electrons. The van der Waals surface area contributed by atoms with Gasteiger partial charge in [0.25, 0.3) is 5.69 Å². The molecule has 3 aromatic carbocycles. The molecule has 176 valence electrons. The highest BCUT2D eigenvalue weighted by Gasteiger charge is 2.46. The highest BCUT2D eigenvalue weighted by atomic mass is 32.1. The fraction of sp³-hybridized carbons (Fsp3) is 0.143. The lowest BCUT2D eigenvalue weighted by Gasteiger charge is -2.35. The summed E-state index contributed by atoms with van der Waals surface area (Å²) in [4.78, 5) is 24.9. The Bertz CT molecular complexity index is 1420. The lowest BCUT2D eigenvalue weighted by molar-refractivity contribution is -0.384. The number of aliphatic hydroxyl groups is 1. The van der Waals surface area contributed by atoms with E-state index >= 15 is 0 Å². The Kier molecular flexibility index (Phi) is 7.00. The van der Waals surface area contributed by atoms with E-state index in [4.69, 9.17) is 12.2 Å². The lowest BCUT2D eigenvalue weighted by atomic mass is 9.68. The van der Waals surface area contributed by atoms with Gasteiger partial charge in [0.2, 0.25) is 0 Å². The summed E-state index contributed by atoms with van der Waals surface area (Å²) >= 11 is 5.77. The van der Waals surface area contributed by atoms with Gasteiger partial charge in [-0.25, -0.2) is 0 Å². The Hall–Kier alpha value is -4.66. The number of benzene rings is 3. The van der Waals surface area contributed by atoms with Crippen molar-refractivity contribution in [3.63, 3.8) is 0 Å². The zero-order valence-electron chi connectivity index (χ0n) is 18.8. The molecule has 4 rings (SSSR count). The summed E-state index contributed by atoms with van der Waals surface area (Å²) in [7, 11) is 0. The molecule has 0 saturated heterocycles. The number of aliphatic hydroxyl groups excluding tert-OH is 1. The number of allylic oxidation sites excluding steroid dienone is 2. The number of carbonyl (C=O) groups is 1. The number of ketones is 1. The largest absolute Gasteiger partial charge is 0.511 e. The number of non-ortho nitro benzene ring substituents is 1. The van der Waals surface area contributed by atoms with Crippen LogP contribution in [0.1, 0.15) is 34.4 Å². The fourth-order valence-electron chi connectivity index (χ4n) is 4.62. The Labute approximate surface area is 212 Å². The molecule has 0 spiro atoms. The van der Waals surface area contributed by atoms with Crippen LogP contribution in [-0.2, 0) is 4.79 Å². The number of thiocarbonyl (C=S) groups is 1. The quantitative estimate of drug-likeness (QED) is 0.266. The van der Waals surface area contributed by atoms with Gasteiger partial charge in [0, 0.05) is 28.5 Å². The number of Topliss-reactive ketones (excluding diaryl/α,β-unsaturated/α-hetero) is 1. The molecule has 36 heavy (non-hydrogen) atoms. The van der Waals surface area contributed by atoms with Gasteiger partial charge in [-0.3, -0.25) is 14.9 Å². The van der Waals surface area contributed by atoms with Crippen LogP contribution in [0.4, 0.5) is 5.69 Å². The van der Waals surface area contributed by atoms with E-state index in [1.807, 2.05) is 24.3 Å². The Morgan fingerprint density at radius 3 is 1.83 bits per heavy atom. The molecule has 0 fully saturated rings. The third-order valence-electron chi connectivity index (χ3n) is 6.30. The van der Waals surface area contributed by atoms with Crippen molar-refractivity contribution in [2.24, 2.45) is 5.92 Å². The molecule has 0 saturated carbocycles. The van der Waals surface area contributed by atoms with Gasteiger partial charge >= 0.3 is 0 Å². The second kappa shape index (κ2) is 10.3. The summed E-state index contributed by atoms with van der Waals surface area (Å²) in [5, 5.41) is 42.3. The molecule has 0 aromatic heterocycles. The molecule has 3 aromatic rings. The molecule has 0 amide bonds. The van der Waals surface area contributed by atoms with Crippen LogP contribution in [-0.4, -0.2) is 20.7 Å². The molecule has 8 heteroatoms. The predicted molar refractivity (Wildman–Crippen MR) is 136 cm³/mol. The molecule has 1 N–H and O–H groups in total. The fourth-order valence-corrected chi connectivity index (χ4v) is 5.11. The van der Waals surface area contributed by atoms with Gasteiger partial charge in [-0.2, -0.15) is 10.5 Å². The van der Waals surface area contributed by atoms with Crippen LogP contribution in [0.2, 0.25) is 0 Å². The third-order valence-corrected chi connectivity index (χ3v) is 6.77. The molecule has 0 unspecified atom stereocenters. The Morgan fingerprint density at radius 2 is 1.36 bits per heavy atom. The van der Waals surface area contributed by atoms with Crippen molar-refractivity contribution in [2.45, 2.75) is 17.8 Å². The van der Waals surface area contributed by atoms with Gasteiger partial charge in [-0.1, -0.05) is 85.0 Å². The van der Waals surface area contributed by atoms with E-state index in [9.17, 15) is 30.5 Å². The van der Waals surface area contributed by atoms with E-state index in [1.165, 1.54) is 24.3 Å². The van der Waals surface area contributed by atoms with Gasteiger partial charge in [-0.05, 0) is 16.7 Å². The number of nitrogens with zero attached hydrogens (tertiary/aromatic N) is 3. The van der Waals surface area contributed by atoms with Crippen molar-refractivity contribution in [3.05, 3.63) is 123 Å². The van der Waals surface area contributed by atoms with Crippen molar-refractivity contribution in [1.29, 1.82) is 10.5 Å². The van der Waals surface area contributed by atoms with Gasteiger partial charge in [0.05, 0.1) is 28.9 Å². The number of nitriles is 2. The standard InChI is InChI=1S/C28H19N3O4S/c29-15-20(16-30)22(19-11-13-21(14-12-19)31(34)35)25-26(32)23(17-7-3-1-4-8-17)28(36)24(27(25)33)18-9-5-2-6-10-18/h1-14,20,22-24,32H/t22-,23-,24+/m0/s1. The Balaban J connectivity index is 1.98. The summed E-state index contributed by atoms with van der Waals surface area (Å²) in [6, 6.07) is 27.0. The zero-order valence-corrected chi connectivity index (χ0v) is 19.6. The molecule has 0 aliphatic heterocycles. The van der Waals surface area contributed by atoms with E-state index in [0.29, 0.717) is 21.6 Å². The van der Waals surface area contributed by atoms with Crippen molar-refractivity contribution < 1.29 is 14.8 Å². The van der Waals surface area contributed by atoms with Crippen molar-refractivity contribution in [2.75, 3.05) is 0 Å². The van der Waals surface area contributed by atoms with Crippen LogP contribution in [0, 0.1) is 38.7 Å². The van der Waals surface area contributed by atoms with E-state index in [0.717, 1.165) is 0 Å². The van der Waals surface area contributed by atoms with Crippen molar-refractivity contribution >= 4 is 28.6 Å². The summed E-state index contributed by atoms with van der Waals surface area (Å²) < 4.78 is 0. The van der Waals surface area contributed by atoms with Gasteiger partial charge < -0.3 is 5.11 Å². The predicted octanol–water partition coefficient (Wildman–Crippen LogP) is 5.67. The van der Waals surface area contributed by atoms with Crippen molar-refractivity contribution in [1.82, 2.24) is 0 Å². The second-order valence-electron chi connectivity index (χ2n) is 8.32. The minimum absolute atomic E-state index is 0.0896. The summed E-state index contributed by atoms with van der Waals surface area (Å²) in [5.41, 5.74) is 1.36. The number of hydrogen-bond acceptors (Lipinski definition) is 7. The molecule has 1 aliphatic carbocycles. The number of nitro benzene ring substituents is 1. The maximum Gasteiger partial charge on any atom is 0.269 e. The van der Waals surface area contributed by atoms with Crippen LogP contribution in [0.3, 0.4) is 0 Å². The first kappa shape index (κ1) is 24.5. The summed E-state index contributed by atoms with van der Waals surface area (Å²) in [6.07, 6.45) is 0. The minimum atomic E-state index is -1.34. The Morgan fingerprint density at radius 1 is 0.861 bits per heavy atom. The zero-order chi connectivity index (χ0) is 25.8. The average Bonchev–Trinajstić information content (AvgIpc) is 2.89. The molecule has 0 bridgehead atoms. The highest BCUT2D eigenvalue weighted by molar-refractivity contribution is 7.80. The van der Waals surface area contributed by atoms with Crippen LogP contribution in [0.15, 0.2) is 96.3 Å². The third kappa shape index (κ3) is 4.38. The van der Waals surface area contributed by atoms with Gasteiger partial charge in [-0.15, -0.1) is 0 Å². The molecular formula is C28H19N3O4S. The number of rotatable bonds is 6. The van der Waals surface area contributed by atoms with Crippen LogP contribution in [0.5, 0.6) is 0 Å². The van der Waals surface area contributed by atoms with Crippen LogP contribution < -0.4 is 0 Å². The maximum absolute atomic E-state index is 14.0. The monoisotopic (exact) mass is 493 g/mol. The van der Waals surface area contributed by atoms with Crippen LogP contribution in [0.25, 0.3) is 0 Å². The SMILES string of the molecule is N#CC(C#N)[C@@H](C1=C(O)[C@H](c2ccccc2)C(=S)[C@H](c2ccccc2)C1=O)c1ccc([N+](=O)[O-])cc1. The van der Waals surface area contributed by atoms with Gasteiger partial charge in [0.15, 0.2) is 5.78 Å². The lowest BCUT2D eigenvalue weighted by Crippen LogP contribution is -2.37. The van der Waals surface area contributed by atoms with Gasteiger partial charge in [0.1, 0.15) is 11.7 Å². The summed E-state index contributed by atoms with van der Waals surface area (Å²) in [5.74, 6) is -5.02. The van der Waals surface area contributed by atoms with E-state index in [2.05, 4.69) is 0 Å². The maximum atomic E-state index is 14.0. The smallest absolute Gasteiger partial charge is 0.269 e. The van der Waals surface area contributed by atoms with Crippen molar-refractivity contribution in [3.8, 4) is 12.1 Å². The minimum Gasteiger partial charge on any atom is -0.511 e. The van der Waals surface area contributed by atoms with E-state index < -0.39 is 34.4 Å².